The number of thiol groups is 1. The molecule has 0 bridgehead atoms. The van der Waals surface area contributed by atoms with Crippen LogP contribution in [0.2, 0.25) is 0 Å². The van der Waals surface area contributed by atoms with Crippen molar-refractivity contribution in [1.82, 2.24) is 9.78 Å². The third-order valence-electron chi connectivity index (χ3n) is 1.70. The van der Waals surface area contributed by atoms with Gasteiger partial charge in [-0.25, -0.2) is 9.07 Å². The quantitative estimate of drug-likeness (QED) is 0.690. The van der Waals surface area contributed by atoms with E-state index in [2.05, 4.69) is 17.7 Å². The van der Waals surface area contributed by atoms with Crippen LogP contribution in [-0.4, -0.2) is 9.78 Å². The molecule has 0 atom stereocenters. The average Bonchev–Trinajstić information content (AvgIpc) is 2.62. The Morgan fingerprint density at radius 1 is 1.38 bits per heavy atom. The second kappa shape index (κ2) is 3.22. The lowest BCUT2D eigenvalue weighted by Crippen LogP contribution is -1.94. The van der Waals surface area contributed by atoms with Crippen LogP contribution in [0.15, 0.2) is 41.6 Å². The van der Waals surface area contributed by atoms with E-state index in [0.717, 1.165) is 0 Å². The van der Waals surface area contributed by atoms with Crippen molar-refractivity contribution in [1.29, 1.82) is 0 Å². The fraction of sp³-hybridized carbons (Fsp3) is 0. The maximum atomic E-state index is 13.1. The highest BCUT2D eigenvalue weighted by atomic mass is 32.1. The van der Waals surface area contributed by atoms with E-state index in [1.165, 1.54) is 6.07 Å². The molecule has 0 N–H and O–H groups in total. The van der Waals surface area contributed by atoms with Crippen molar-refractivity contribution in [3.05, 3.63) is 42.5 Å². The molecule has 0 saturated carbocycles. The van der Waals surface area contributed by atoms with Crippen molar-refractivity contribution < 1.29 is 4.39 Å². The number of aromatic nitrogens is 2. The summed E-state index contributed by atoms with van der Waals surface area (Å²) in [5.41, 5.74) is 0.695. The topological polar surface area (TPSA) is 17.8 Å². The summed E-state index contributed by atoms with van der Waals surface area (Å²) in [4.78, 5) is 0.343. The predicted octanol–water partition coefficient (Wildman–Crippen LogP) is 2.30. The first-order valence-corrected chi connectivity index (χ1v) is 4.20. The lowest BCUT2D eigenvalue weighted by molar-refractivity contribution is 0.600. The largest absolute Gasteiger partial charge is 0.241 e. The van der Waals surface area contributed by atoms with Crippen LogP contribution in [-0.2, 0) is 0 Å². The summed E-state index contributed by atoms with van der Waals surface area (Å²) in [5.74, 6) is -0.337. The predicted molar refractivity (Wildman–Crippen MR) is 50.8 cm³/mol. The number of hydrogen-bond donors (Lipinski definition) is 1. The van der Waals surface area contributed by atoms with Gasteiger partial charge in [0.2, 0.25) is 0 Å². The molecule has 0 aliphatic heterocycles. The van der Waals surface area contributed by atoms with E-state index in [1.54, 1.807) is 35.3 Å². The van der Waals surface area contributed by atoms with Crippen LogP contribution in [0.3, 0.4) is 0 Å². The Hall–Kier alpha value is -1.29. The summed E-state index contributed by atoms with van der Waals surface area (Å²) in [6.45, 7) is 0. The first-order valence-electron chi connectivity index (χ1n) is 3.76. The first kappa shape index (κ1) is 8.31. The van der Waals surface area contributed by atoms with Gasteiger partial charge in [0.25, 0.3) is 0 Å². The molecule has 1 heterocycles. The summed E-state index contributed by atoms with van der Waals surface area (Å²) in [6, 6.07) is 6.55. The Labute approximate surface area is 80.4 Å². The highest BCUT2D eigenvalue weighted by molar-refractivity contribution is 7.80. The van der Waals surface area contributed by atoms with Gasteiger partial charge in [-0.2, -0.15) is 5.10 Å². The molecule has 0 aliphatic carbocycles. The van der Waals surface area contributed by atoms with Crippen LogP contribution in [0.25, 0.3) is 5.69 Å². The van der Waals surface area contributed by atoms with Gasteiger partial charge in [0.05, 0.1) is 5.69 Å². The van der Waals surface area contributed by atoms with E-state index in [0.29, 0.717) is 10.6 Å². The molecular weight excluding hydrogens is 187 g/mol. The van der Waals surface area contributed by atoms with Crippen LogP contribution in [0.4, 0.5) is 4.39 Å². The van der Waals surface area contributed by atoms with Crippen molar-refractivity contribution in [3.8, 4) is 5.69 Å². The van der Waals surface area contributed by atoms with Gasteiger partial charge >= 0.3 is 0 Å². The fourth-order valence-corrected chi connectivity index (χ4v) is 1.20. The Morgan fingerprint density at radius 3 is 2.85 bits per heavy atom. The van der Waals surface area contributed by atoms with Gasteiger partial charge in [-0.1, -0.05) is 0 Å². The Kier molecular flexibility index (Phi) is 2.06. The molecule has 2 rings (SSSR count). The normalized spacial score (nSPS) is 10.3. The van der Waals surface area contributed by atoms with Gasteiger partial charge in [-0.3, -0.25) is 0 Å². The van der Waals surface area contributed by atoms with Crippen LogP contribution in [0, 0.1) is 5.82 Å². The van der Waals surface area contributed by atoms with Crippen LogP contribution in [0.1, 0.15) is 0 Å². The highest BCUT2D eigenvalue weighted by Gasteiger charge is 2.00. The van der Waals surface area contributed by atoms with Gasteiger partial charge in [0.15, 0.2) is 0 Å². The number of benzene rings is 1. The standard InChI is InChI=1S/C9H7FN2S/c10-8-6-7(2-3-9(8)13)12-5-1-4-11-12/h1-6,13H. The lowest BCUT2D eigenvalue weighted by atomic mass is 10.3. The minimum Gasteiger partial charge on any atom is -0.241 e. The van der Waals surface area contributed by atoms with Crippen molar-refractivity contribution >= 4 is 12.6 Å². The van der Waals surface area contributed by atoms with E-state index in [4.69, 9.17) is 0 Å². The van der Waals surface area contributed by atoms with E-state index in [9.17, 15) is 4.39 Å². The SMILES string of the molecule is Fc1cc(-n2cccn2)ccc1S. The zero-order valence-corrected chi connectivity index (χ0v) is 7.58. The summed E-state index contributed by atoms with van der Waals surface area (Å²) >= 11 is 3.94. The number of rotatable bonds is 1. The molecule has 2 aromatic rings. The van der Waals surface area contributed by atoms with E-state index >= 15 is 0 Å². The smallest absolute Gasteiger partial charge is 0.138 e. The molecule has 1 aromatic heterocycles. The third-order valence-corrected chi connectivity index (χ3v) is 2.06. The fourth-order valence-electron chi connectivity index (χ4n) is 1.06. The van der Waals surface area contributed by atoms with Gasteiger partial charge in [-0.15, -0.1) is 12.6 Å². The van der Waals surface area contributed by atoms with Crippen LogP contribution >= 0.6 is 12.6 Å². The van der Waals surface area contributed by atoms with Crippen molar-refractivity contribution in [2.45, 2.75) is 4.90 Å². The zero-order chi connectivity index (χ0) is 9.26. The maximum Gasteiger partial charge on any atom is 0.138 e. The monoisotopic (exact) mass is 194 g/mol. The zero-order valence-electron chi connectivity index (χ0n) is 6.68. The second-order valence-electron chi connectivity index (χ2n) is 2.59. The van der Waals surface area contributed by atoms with Crippen LogP contribution < -0.4 is 0 Å². The first-order chi connectivity index (χ1) is 6.27. The van der Waals surface area contributed by atoms with E-state index in [-0.39, 0.29) is 5.82 Å². The third kappa shape index (κ3) is 1.58. The molecule has 0 aliphatic rings. The lowest BCUT2D eigenvalue weighted by Gasteiger charge is -2.01. The van der Waals surface area contributed by atoms with Crippen molar-refractivity contribution in [3.63, 3.8) is 0 Å². The molecule has 1 aromatic carbocycles. The van der Waals surface area contributed by atoms with Crippen LogP contribution in [0.5, 0.6) is 0 Å². The molecule has 0 unspecified atom stereocenters. The van der Waals surface area contributed by atoms with Crippen molar-refractivity contribution in [2.24, 2.45) is 0 Å². The summed E-state index contributed by atoms with van der Waals surface area (Å²) in [7, 11) is 0. The Bertz CT molecular complexity index is 412. The molecule has 0 spiro atoms. The molecule has 0 saturated heterocycles. The molecule has 66 valence electrons. The van der Waals surface area contributed by atoms with E-state index < -0.39 is 0 Å². The molecule has 0 amide bonds. The summed E-state index contributed by atoms with van der Waals surface area (Å²) in [5, 5.41) is 3.98. The molecule has 13 heavy (non-hydrogen) atoms. The van der Waals surface area contributed by atoms with Gasteiger partial charge in [0.1, 0.15) is 5.82 Å². The number of halogens is 1. The average molecular weight is 194 g/mol. The van der Waals surface area contributed by atoms with Gasteiger partial charge in [-0.05, 0) is 18.2 Å². The maximum absolute atomic E-state index is 13.1. The molecule has 2 nitrogen and oxygen atoms in total. The van der Waals surface area contributed by atoms with Gasteiger partial charge in [0, 0.05) is 23.4 Å². The van der Waals surface area contributed by atoms with Gasteiger partial charge < -0.3 is 0 Å². The minimum atomic E-state index is -0.337. The number of hydrogen-bond acceptors (Lipinski definition) is 2. The summed E-state index contributed by atoms with van der Waals surface area (Å²) in [6.07, 6.45) is 3.40. The molecular formula is C9H7FN2S. The Morgan fingerprint density at radius 2 is 2.23 bits per heavy atom. The number of nitrogens with zero attached hydrogens (tertiary/aromatic N) is 2. The second-order valence-corrected chi connectivity index (χ2v) is 3.07. The minimum absolute atomic E-state index is 0.337. The molecule has 4 heteroatoms. The molecule has 0 fully saturated rings. The molecule has 0 radical (unpaired) electrons. The Balaban J connectivity index is 2.49. The summed E-state index contributed by atoms with van der Waals surface area (Å²) < 4.78 is 14.6. The van der Waals surface area contributed by atoms with E-state index in [1.807, 2.05) is 0 Å². The van der Waals surface area contributed by atoms with Crippen molar-refractivity contribution in [2.75, 3.05) is 0 Å². The highest BCUT2D eigenvalue weighted by Crippen LogP contribution is 2.15.